The lowest BCUT2D eigenvalue weighted by molar-refractivity contribution is -0.0650. The largest absolute Gasteiger partial charge is 0.490 e. The normalized spacial score (nSPS) is 38.0. The summed E-state index contributed by atoms with van der Waals surface area (Å²) in [7, 11) is 0. The number of ether oxygens (including phenoxy) is 1. The Balaban J connectivity index is 1.21. The predicted molar refractivity (Wildman–Crippen MR) is 138 cm³/mol. The summed E-state index contributed by atoms with van der Waals surface area (Å²) in [6.07, 6.45) is 11.5. The van der Waals surface area contributed by atoms with Crippen molar-refractivity contribution in [3.8, 4) is 5.75 Å². The Morgan fingerprint density at radius 3 is 2.54 bits per heavy atom. The minimum Gasteiger partial charge on any atom is -0.490 e. The van der Waals surface area contributed by atoms with Crippen molar-refractivity contribution in [1.82, 2.24) is 0 Å². The van der Waals surface area contributed by atoms with Crippen molar-refractivity contribution in [2.24, 2.45) is 28.6 Å². The molecule has 4 aliphatic carbocycles. The number of aliphatic hydroxyl groups is 1. The molecule has 2 aromatic carbocycles. The van der Waals surface area contributed by atoms with Crippen LogP contribution < -0.4 is 4.74 Å². The summed E-state index contributed by atoms with van der Waals surface area (Å²) in [4.78, 5) is 13.0. The van der Waals surface area contributed by atoms with Gasteiger partial charge in [-0.3, -0.25) is 4.79 Å². The molecule has 6 rings (SSSR count). The van der Waals surface area contributed by atoms with E-state index in [2.05, 4.69) is 19.9 Å². The van der Waals surface area contributed by atoms with Crippen LogP contribution in [-0.2, 0) is 0 Å². The maximum Gasteiger partial charge on any atom is 0.193 e. The van der Waals surface area contributed by atoms with Crippen molar-refractivity contribution in [3.05, 3.63) is 77.4 Å². The van der Waals surface area contributed by atoms with Crippen molar-refractivity contribution >= 4 is 5.78 Å². The second-order valence-electron chi connectivity index (χ2n) is 12.1. The molecule has 7 atom stereocenters. The Morgan fingerprint density at radius 1 is 0.914 bits per heavy atom. The highest BCUT2D eigenvalue weighted by Crippen LogP contribution is 2.65. The molecule has 0 bridgehead atoms. The first-order valence-corrected chi connectivity index (χ1v) is 13.6. The summed E-state index contributed by atoms with van der Waals surface area (Å²) in [5.41, 5.74) is 3.39. The van der Waals surface area contributed by atoms with Crippen molar-refractivity contribution in [1.29, 1.82) is 0 Å². The Labute approximate surface area is 209 Å². The van der Waals surface area contributed by atoms with Gasteiger partial charge in [0.25, 0.3) is 0 Å². The molecule has 0 aliphatic heterocycles. The first-order valence-electron chi connectivity index (χ1n) is 13.6. The molecule has 184 valence electrons. The van der Waals surface area contributed by atoms with Crippen LogP contribution >= 0.6 is 0 Å². The quantitative estimate of drug-likeness (QED) is 0.387. The third kappa shape index (κ3) is 3.78. The topological polar surface area (TPSA) is 46.5 Å². The molecule has 3 saturated carbocycles. The van der Waals surface area contributed by atoms with E-state index in [9.17, 15) is 9.90 Å². The van der Waals surface area contributed by atoms with E-state index >= 15 is 0 Å². The van der Waals surface area contributed by atoms with E-state index in [0.29, 0.717) is 17.0 Å². The van der Waals surface area contributed by atoms with Crippen molar-refractivity contribution in [2.45, 2.75) is 77.4 Å². The van der Waals surface area contributed by atoms with Crippen LogP contribution in [0, 0.1) is 28.6 Å². The molecular formula is C32H38O3. The fourth-order valence-electron chi connectivity index (χ4n) is 8.42. The third-order valence-electron chi connectivity index (χ3n) is 10.4. The molecule has 4 aliphatic rings. The summed E-state index contributed by atoms with van der Waals surface area (Å²) in [5.74, 6) is 3.00. The molecule has 3 heteroatoms. The predicted octanol–water partition coefficient (Wildman–Crippen LogP) is 6.99. The zero-order valence-electron chi connectivity index (χ0n) is 21.1. The molecule has 1 N–H and O–H groups in total. The van der Waals surface area contributed by atoms with Crippen LogP contribution in [0.15, 0.2) is 66.2 Å². The minimum absolute atomic E-state index is 0.0442. The molecule has 0 amide bonds. The van der Waals surface area contributed by atoms with Crippen LogP contribution in [0.2, 0.25) is 0 Å². The highest BCUT2D eigenvalue weighted by Gasteiger charge is 2.59. The van der Waals surface area contributed by atoms with Crippen LogP contribution in [0.1, 0.15) is 81.1 Å². The molecule has 0 aromatic heterocycles. The number of fused-ring (bicyclic) bond motifs is 5. The van der Waals surface area contributed by atoms with E-state index < -0.39 is 0 Å². The maximum absolute atomic E-state index is 13.0. The van der Waals surface area contributed by atoms with E-state index in [0.717, 1.165) is 49.7 Å². The van der Waals surface area contributed by atoms with Gasteiger partial charge in [-0.25, -0.2) is 0 Å². The van der Waals surface area contributed by atoms with E-state index in [4.69, 9.17) is 4.74 Å². The summed E-state index contributed by atoms with van der Waals surface area (Å²) in [5, 5.41) is 10.3. The van der Waals surface area contributed by atoms with Crippen LogP contribution in [0.4, 0.5) is 0 Å². The SMILES string of the molecule is C[C@]12CC[C@H]3[C@@H](CC=C4C[C@@H](O)CC[C@@]43C)[C@@H]1CC[C@@H]2Oc1cccc(C(=O)c2ccccc2)c1. The smallest absolute Gasteiger partial charge is 0.193 e. The number of aliphatic hydroxyl groups excluding tert-OH is 1. The van der Waals surface area contributed by atoms with Crippen LogP contribution in [0.25, 0.3) is 0 Å². The summed E-state index contributed by atoms with van der Waals surface area (Å²) in [6.45, 7) is 4.96. The van der Waals surface area contributed by atoms with Crippen molar-refractivity contribution < 1.29 is 14.6 Å². The highest BCUT2D eigenvalue weighted by molar-refractivity contribution is 6.09. The van der Waals surface area contributed by atoms with Gasteiger partial charge in [-0.1, -0.05) is 68.0 Å². The Kier molecular flexibility index (Phi) is 5.67. The van der Waals surface area contributed by atoms with Gasteiger partial charge in [0.05, 0.1) is 6.10 Å². The van der Waals surface area contributed by atoms with Crippen LogP contribution in [0.5, 0.6) is 5.75 Å². The van der Waals surface area contributed by atoms with Gasteiger partial charge in [0, 0.05) is 16.5 Å². The number of hydrogen-bond acceptors (Lipinski definition) is 3. The lowest BCUT2D eigenvalue weighted by Crippen LogP contribution is -2.51. The number of hydrogen-bond donors (Lipinski definition) is 1. The average Bonchev–Trinajstić information content (AvgIpc) is 3.20. The van der Waals surface area contributed by atoms with E-state index in [1.165, 1.54) is 24.8 Å². The zero-order chi connectivity index (χ0) is 24.2. The first kappa shape index (κ1) is 23.0. The molecule has 0 heterocycles. The van der Waals surface area contributed by atoms with Gasteiger partial charge in [0.1, 0.15) is 11.9 Å². The highest BCUT2D eigenvalue weighted by atomic mass is 16.5. The molecule has 0 saturated heterocycles. The van der Waals surface area contributed by atoms with Gasteiger partial charge in [-0.2, -0.15) is 0 Å². The fourth-order valence-corrected chi connectivity index (χ4v) is 8.42. The second kappa shape index (κ2) is 8.62. The molecule has 0 radical (unpaired) electrons. The molecule has 2 aromatic rings. The van der Waals surface area contributed by atoms with Gasteiger partial charge >= 0.3 is 0 Å². The Morgan fingerprint density at radius 2 is 1.71 bits per heavy atom. The number of allylic oxidation sites excluding steroid dienone is 1. The van der Waals surface area contributed by atoms with Gasteiger partial charge in [-0.05, 0) is 86.7 Å². The fraction of sp³-hybridized carbons (Fsp3) is 0.531. The lowest BCUT2D eigenvalue weighted by Gasteiger charge is -2.57. The van der Waals surface area contributed by atoms with Gasteiger partial charge in [0.15, 0.2) is 5.78 Å². The van der Waals surface area contributed by atoms with Crippen molar-refractivity contribution in [2.75, 3.05) is 0 Å². The molecule has 0 spiro atoms. The summed E-state index contributed by atoms with van der Waals surface area (Å²) >= 11 is 0. The van der Waals surface area contributed by atoms with E-state index in [-0.39, 0.29) is 28.8 Å². The number of carbonyl (C=O) groups is 1. The van der Waals surface area contributed by atoms with Gasteiger partial charge in [-0.15, -0.1) is 0 Å². The average molecular weight is 471 g/mol. The van der Waals surface area contributed by atoms with Crippen LogP contribution in [0.3, 0.4) is 0 Å². The first-order chi connectivity index (χ1) is 16.9. The molecule has 3 fully saturated rings. The minimum atomic E-state index is -0.145. The van der Waals surface area contributed by atoms with E-state index in [1.54, 1.807) is 0 Å². The summed E-state index contributed by atoms with van der Waals surface area (Å²) in [6, 6.07) is 17.3. The molecular weight excluding hydrogens is 432 g/mol. The number of rotatable bonds is 4. The van der Waals surface area contributed by atoms with Gasteiger partial charge < -0.3 is 9.84 Å². The zero-order valence-corrected chi connectivity index (χ0v) is 21.1. The van der Waals surface area contributed by atoms with E-state index in [1.807, 2.05) is 54.6 Å². The van der Waals surface area contributed by atoms with Crippen molar-refractivity contribution in [3.63, 3.8) is 0 Å². The Bertz CT molecular complexity index is 1140. The molecule has 0 unspecified atom stereocenters. The Hall–Kier alpha value is -2.39. The standard InChI is InChI=1S/C32H38O3/c1-31-17-15-24(33)20-23(31)11-12-26-27-13-14-29(32(27,2)18-16-28(26)31)35-25-10-6-9-22(19-25)30(34)21-7-4-3-5-8-21/h3-11,19,24,26-29,33H,12-18,20H2,1-2H3/t24-,26-,27-,28-,29-,31-,32-/m0/s1. The lowest BCUT2D eigenvalue weighted by atomic mass is 9.48. The monoisotopic (exact) mass is 470 g/mol. The summed E-state index contributed by atoms with van der Waals surface area (Å²) < 4.78 is 6.70. The van der Waals surface area contributed by atoms with Crippen LogP contribution in [-0.4, -0.2) is 23.1 Å². The second-order valence-corrected chi connectivity index (χ2v) is 12.1. The molecule has 3 nitrogen and oxygen atoms in total. The number of benzene rings is 2. The third-order valence-corrected chi connectivity index (χ3v) is 10.4. The molecule has 35 heavy (non-hydrogen) atoms. The maximum atomic E-state index is 13.0. The van der Waals surface area contributed by atoms with Gasteiger partial charge in [0.2, 0.25) is 0 Å². The number of ketones is 1. The number of carbonyl (C=O) groups excluding carboxylic acids is 1.